The van der Waals surface area contributed by atoms with E-state index in [4.69, 9.17) is 0 Å². The van der Waals surface area contributed by atoms with Crippen LogP contribution in [0.1, 0.15) is 103 Å². The Bertz CT molecular complexity index is 390. The second kappa shape index (κ2) is 16.3. The maximum Gasteiger partial charge on any atom is 0.167 e. The Kier molecular flexibility index (Phi) is 14.7. The van der Waals surface area contributed by atoms with Crippen molar-refractivity contribution in [3.8, 4) is 0 Å². The van der Waals surface area contributed by atoms with Gasteiger partial charge in [0.05, 0.1) is 0 Å². The molecule has 0 spiro atoms. The summed E-state index contributed by atoms with van der Waals surface area (Å²) in [5.74, 6) is 0.215. The van der Waals surface area contributed by atoms with Gasteiger partial charge in [-0.1, -0.05) is 70.4 Å². The summed E-state index contributed by atoms with van der Waals surface area (Å²) in [6.45, 7) is 3.91. The Morgan fingerprint density at radius 1 is 0.852 bits per heavy atom. The summed E-state index contributed by atoms with van der Waals surface area (Å²) in [5, 5.41) is 15.7. The molecule has 4 heteroatoms. The molecule has 4 nitrogen and oxygen atoms in total. The smallest absolute Gasteiger partial charge is 0.167 e. The number of hydrogen-bond acceptors (Lipinski definition) is 4. The van der Waals surface area contributed by atoms with Gasteiger partial charge in [0.2, 0.25) is 0 Å². The molecule has 0 atom stereocenters. The van der Waals surface area contributed by atoms with Gasteiger partial charge in [-0.25, -0.2) is 0 Å². The highest BCUT2D eigenvalue weighted by Gasteiger charge is 2.38. The number of aliphatic hydroxyl groups excluding tert-OH is 1. The van der Waals surface area contributed by atoms with Gasteiger partial charge in [-0.05, 0) is 32.1 Å². The molecular formula is C23H44N2O2. The first-order chi connectivity index (χ1) is 13.2. The molecule has 1 heterocycles. The van der Waals surface area contributed by atoms with E-state index in [1.165, 1.54) is 70.6 Å². The average Bonchev–Trinajstić information content (AvgIpc) is 3.15. The minimum absolute atomic E-state index is 0.0398. The van der Waals surface area contributed by atoms with Crippen LogP contribution in [0.15, 0.2) is 12.2 Å². The van der Waals surface area contributed by atoms with Crippen LogP contribution in [0.3, 0.4) is 0 Å². The summed E-state index contributed by atoms with van der Waals surface area (Å²) >= 11 is 0. The summed E-state index contributed by atoms with van der Waals surface area (Å²) in [6.07, 6.45) is 22.3. The molecule has 0 saturated carbocycles. The van der Waals surface area contributed by atoms with Crippen LogP contribution in [-0.4, -0.2) is 36.2 Å². The van der Waals surface area contributed by atoms with E-state index < -0.39 is 5.66 Å². The summed E-state index contributed by atoms with van der Waals surface area (Å²) in [7, 11) is 0. The lowest BCUT2D eigenvalue weighted by Gasteiger charge is -2.27. The van der Waals surface area contributed by atoms with Gasteiger partial charge in [0, 0.05) is 32.5 Å². The fourth-order valence-electron chi connectivity index (χ4n) is 3.87. The third-order valence-electron chi connectivity index (χ3n) is 5.61. The first-order valence-electron chi connectivity index (χ1n) is 11.5. The van der Waals surface area contributed by atoms with Gasteiger partial charge in [0.25, 0.3) is 0 Å². The van der Waals surface area contributed by atoms with Crippen molar-refractivity contribution in [1.82, 2.24) is 10.6 Å². The zero-order chi connectivity index (χ0) is 19.6. The number of rotatable bonds is 18. The molecule has 0 aliphatic carbocycles. The van der Waals surface area contributed by atoms with Crippen molar-refractivity contribution >= 4 is 5.78 Å². The van der Waals surface area contributed by atoms with Crippen LogP contribution >= 0.6 is 0 Å². The molecule has 0 amide bonds. The van der Waals surface area contributed by atoms with Gasteiger partial charge >= 0.3 is 0 Å². The van der Waals surface area contributed by atoms with Crippen molar-refractivity contribution in [1.29, 1.82) is 0 Å². The van der Waals surface area contributed by atoms with Crippen molar-refractivity contribution in [3.05, 3.63) is 12.2 Å². The maximum absolute atomic E-state index is 12.4. The number of carbonyl (C=O) groups is 1. The molecule has 1 fully saturated rings. The van der Waals surface area contributed by atoms with Gasteiger partial charge in [-0.3, -0.25) is 15.4 Å². The monoisotopic (exact) mass is 380 g/mol. The number of aliphatic hydroxyl groups is 1. The number of allylic oxidation sites excluding steroid dienone is 2. The van der Waals surface area contributed by atoms with E-state index in [1.807, 2.05) is 0 Å². The Balaban J connectivity index is 1.91. The van der Waals surface area contributed by atoms with E-state index in [9.17, 15) is 9.90 Å². The minimum atomic E-state index is -0.657. The Morgan fingerprint density at radius 2 is 1.37 bits per heavy atom. The van der Waals surface area contributed by atoms with Gasteiger partial charge in [0.1, 0.15) is 5.66 Å². The van der Waals surface area contributed by atoms with Crippen LogP contribution < -0.4 is 10.6 Å². The van der Waals surface area contributed by atoms with Crippen LogP contribution in [-0.2, 0) is 4.79 Å². The quantitative estimate of drug-likeness (QED) is 0.235. The van der Waals surface area contributed by atoms with Gasteiger partial charge in [-0.2, -0.15) is 0 Å². The molecule has 0 aromatic heterocycles. The zero-order valence-electron chi connectivity index (χ0n) is 17.7. The summed E-state index contributed by atoms with van der Waals surface area (Å²) in [6, 6.07) is 0. The minimum Gasteiger partial charge on any atom is -0.396 e. The molecule has 1 aliphatic rings. The highest BCUT2D eigenvalue weighted by molar-refractivity contribution is 5.88. The number of nitrogens with one attached hydrogen (secondary N) is 2. The topological polar surface area (TPSA) is 61.4 Å². The van der Waals surface area contributed by atoms with Crippen molar-refractivity contribution < 1.29 is 9.90 Å². The fraction of sp³-hybridized carbons (Fsp3) is 0.870. The number of ketones is 1. The first-order valence-corrected chi connectivity index (χ1v) is 11.5. The Hall–Kier alpha value is -0.710. The Morgan fingerprint density at radius 3 is 1.93 bits per heavy atom. The van der Waals surface area contributed by atoms with Gasteiger partial charge in [-0.15, -0.1) is 0 Å². The molecule has 0 unspecified atom stereocenters. The molecule has 1 aliphatic heterocycles. The summed E-state index contributed by atoms with van der Waals surface area (Å²) in [4.78, 5) is 12.4. The van der Waals surface area contributed by atoms with Crippen LogP contribution in [0.25, 0.3) is 0 Å². The molecule has 0 aromatic carbocycles. The van der Waals surface area contributed by atoms with E-state index in [2.05, 4.69) is 29.7 Å². The van der Waals surface area contributed by atoms with E-state index >= 15 is 0 Å². The number of carbonyl (C=O) groups excluding carboxylic acids is 1. The van der Waals surface area contributed by atoms with E-state index in [-0.39, 0.29) is 12.4 Å². The Labute approximate surface area is 167 Å². The highest BCUT2D eigenvalue weighted by atomic mass is 16.3. The van der Waals surface area contributed by atoms with Gasteiger partial charge < -0.3 is 5.11 Å². The average molecular weight is 381 g/mol. The standard InChI is InChI=1S/C23H44N2O2/c1-2-3-4-5-6-7-8-9-10-11-12-13-14-15-16-17-22(27)23(18-21-26)24-19-20-25-23/h9-10,24-26H,2-8,11-21H2,1H3. The van der Waals surface area contributed by atoms with Crippen molar-refractivity contribution in [2.45, 2.75) is 109 Å². The predicted molar refractivity (Wildman–Crippen MR) is 115 cm³/mol. The van der Waals surface area contributed by atoms with Crippen LogP contribution in [0.4, 0.5) is 0 Å². The lowest BCUT2D eigenvalue weighted by Crippen LogP contribution is -2.56. The highest BCUT2D eigenvalue weighted by Crippen LogP contribution is 2.17. The lowest BCUT2D eigenvalue weighted by molar-refractivity contribution is -0.126. The first kappa shape index (κ1) is 24.3. The SMILES string of the molecule is CCCCCCCCC=CCCCCCCCC(=O)C1(CCO)NCCN1. The third-order valence-corrected chi connectivity index (χ3v) is 5.61. The summed E-state index contributed by atoms with van der Waals surface area (Å²) < 4.78 is 0. The zero-order valence-corrected chi connectivity index (χ0v) is 17.7. The van der Waals surface area contributed by atoms with Crippen LogP contribution in [0.5, 0.6) is 0 Å². The molecule has 1 rings (SSSR count). The van der Waals surface area contributed by atoms with Crippen LogP contribution in [0, 0.1) is 0 Å². The van der Waals surface area contributed by atoms with Crippen molar-refractivity contribution in [3.63, 3.8) is 0 Å². The molecule has 158 valence electrons. The second-order valence-electron chi connectivity index (χ2n) is 7.99. The third kappa shape index (κ3) is 11.0. The van der Waals surface area contributed by atoms with Crippen molar-refractivity contribution in [2.24, 2.45) is 0 Å². The molecule has 0 bridgehead atoms. The normalized spacial score (nSPS) is 16.4. The number of unbranched alkanes of at least 4 members (excludes halogenated alkanes) is 11. The van der Waals surface area contributed by atoms with E-state index in [0.717, 1.165) is 25.9 Å². The molecule has 27 heavy (non-hydrogen) atoms. The van der Waals surface area contributed by atoms with E-state index in [1.54, 1.807) is 0 Å². The molecule has 0 aromatic rings. The fourth-order valence-corrected chi connectivity index (χ4v) is 3.87. The molecule has 0 radical (unpaired) electrons. The number of Topliss-reactive ketones (excluding diaryl/α,β-unsaturated/α-hetero) is 1. The maximum atomic E-state index is 12.4. The van der Waals surface area contributed by atoms with Gasteiger partial charge in [0.15, 0.2) is 5.78 Å². The second-order valence-corrected chi connectivity index (χ2v) is 7.99. The molecular weight excluding hydrogens is 336 g/mol. The molecule has 1 saturated heterocycles. The molecule has 3 N–H and O–H groups in total. The lowest BCUT2D eigenvalue weighted by atomic mass is 9.96. The van der Waals surface area contributed by atoms with E-state index in [0.29, 0.717) is 12.8 Å². The largest absolute Gasteiger partial charge is 0.396 e. The number of hydrogen-bond donors (Lipinski definition) is 3. The van der Waals surface area contributed by atoms with Crippen molar-refractivity contribution in [2.75, 3.05) is 19.7 Å². The summed E-state index contributed by atoms with van der Waals surface area (Å²) in [5.41, 5.74) is -0.657. The predicted octanol–water partition coefficient (Wildman–Crippen LogP) is 4.86. The van der Waals surface area contributed by atoms with Crippen LogP contribution in [0.2, 0.25) is 0 Å².